The Balaban J connectivity index is 1.61. The molecule has 1 aromatic heterocycles. The van der Waals surface area contributed by atoms with E-state index in [2.05, 4.69) is 17.0 Å². The van der Waals surface area contributed by atoms with Crippen molar-refractivity contribution < 1.29 is 23.4 Å². The van der Waals surface area contributed by atoms with Crippen molar-refractivity contribution in [3.8, 4) is 11.5 Å². The van der Waals surface area contributed by atoms with E-state index in [1.165, 1.54) is 18.7 Å². The number of aryl methyl sites for hydroxylation is 2. The van der Waals surface area contributed by atoms with Gasteiger partial charge in [-0.2, -0.15) is 0 Å². The summed E-state index contributed by atoms with van der Waals surface area (Å²) in [7, 11) is 3.04. The molecule has 7 heteroatoms. The molecule has 1 aliphatic heterocycles. The average Bonchev–Trinajstić information content (AvgIpc) is 2.81. The fraction of sp³-hybridized carbons (Fsp3) is 0.360. The van der Waals surface area contributed by atoms with Crippen LogP contribution in [0.3, 0.4) is 0 Å². The Kier molecular flexibility index (Phi) is 6.46. The van der Waals surface area contributed by atoms with E-state index in [4.69, 9.17) is 18.6 Å². The van der Waals surface area contributed by atoms with E-state index in [1.54, 1.807) is 7.11 Å². The molecule has 0 radical (unpaired) electrons. The largest absolute Gasteiger partial charge is 0.497 e. The Morgan fingerprint density at radius 1 is 1.12 bits per heavy atom. The van der Waals surface area contributed by atoms with Crippen molar-refractivity contribution in [1.82, 2.24) is 4.90 Å². The van der Waals surface area contributed by atoms with Crippen LogP contribution >= 0.6 is 0 Å². The van der Waals surface area contributed by atoms with E-state index in [-0.39, 0.29) is 18.0 Å². The van der Waals surface area contributed by atoms with Gasteiger partial charge >= 0.3 is 11.6 Å². The minimum absolute atomic E-state index is 0.259. The third-order valence-electron chi connectivity index (χ3n) is 5.84. The molecule has 0 spiro atoms. The fourth-order valence-electron chi connectivity index (χ4n) is 4.05. The summed E-state index contributed by atoms with van der Waals surface area (Å²) < 4.78 is 21.8. The number of fused-ring (bicyclic) bond motifs is 3. The molecule has 168 valence electrons. The van der Waals surface area contributed by atoms with Crippen LogP contribution in [0.2, 0.25) is 0 Å². The highest BCUT2D eigenvalue weighted by Gasteiger charge is 2.25. The van der Waals surface area contributed by atoms with E-state index in [1.807, 2.05) is 25.1 Å². The third kappa shape index (κ3) is 4.62. The summed E-state index contributed by atoms with van der Waals surface area (Å²) >= 11 is 0. The Morgan fingerprint density at radius 3 is 2.62 bits per heavy atom. The highest BCUT2D eigenvalue weighted by molar-refractivity contribution is 5.86. The summed E-state index contributed by atoms with van der Waals surface area (Å²) in [5, 5.41) is 0.865. The summed E-state index contributed by atoms with van der Waals surface area (Å²) in [5.41, 5.74) is 3.99. The molecular weight excluding hydrogens is 410 g/mol. The van der Waals surface area contributed by atoms with Crippen molar-refractivity contribution in [3.05, 3.63) is 69.1 Å². The highest BCUT2D eigenvalue weighted by atomic mass is 16.5. The lowest BCUT2D eigenvalue weighted by atomic mass is 9.97. The number of ether oxygens (including phenoxy) is 3. The second-order valence-electron chi connectivity index (χ2n) is 7.97. The lowest BCUT2D eigenvalue weighted by Crippen LogP contribution is -2.34. The minimum Gasteiger partial charge on any atom is -0.497 e. The van der Waals surface area contributed by atoms with Gasteiger partial charge in [-0.3, -0.25) is 9.69 Å². The minimum atomic E-state index is -0.380. The molecule has 0 fully saturated rings. The number of hydrogen-bond donors (Lipinski definition) is 0. The molecule has 0 saturated heterocycles. The van der Waals surface area contributed by atoms with Crippen LogP contribution in [0.5, 0.6) is 11.5 Å². The van der Waals surface area contributed by atoms with Crippen molar-refractivity contribution in [1.29, 1.82) is 0 Å². The molecule has 0 unspecified atom stereocenters. The molecule has 2 heterocycles. The van der Waals surface area contributed by atoms with Crippen molar-refractivity contribution in [2.75, 3.05) is 27.5 Å². The third-order valence-corrected chi connectivity index (χ3v) is 5.84. The van der Waals surface area contributed by atoms with Gasteiger partial charge in [-0.25, -0.2) is 4.79 Å². The highest BCUT2D eigenvalue weighted by Crippen LogP contribution is 2.37. The number of nitrogens with zero attached hydrogens (tertiary/aromatic N) is 1. The first-order valence-corrected chi connectivity index (χ1v) is 10.6. The van der Waals surface area contributed by atoms with Crippen LogP contribution in [-0.4, -0.2) is 38.4 Å². The molecule has 0 saturated carbocycles. The first-order chi connectivity index (χ1) is 15.5. The molecule has 0 bridgehead atoms. The number of carbonyl (C=O) groups excluding carboxylic acids is 1. The van der Waals surface area contributed by atoms with Crippen LogP contribution in [-0.2, 0) is 28.9 Å². The van der Waals surface area contributed by atoms with Crippen molar-refractivity contribution in [3.63, 3.8) is 0 Å². The summed E-state index contributed by atoms with van der Waals surface area (Å²) in [5.74, 6) is 1.27. The molecule has 0 N–H and O–H groups in total. The van der Waals surface area contributed by atoms with E-state index < -0.39 is 0 Å². The normalized spacial score (nSPS) is 13.5. The summed E-state index contributed by atoms with van der Waals surface area (Å²) in [6, 6.07) is 11.5. The number of methoxy groups -OCH3 is 2. The summed E-state index contributed by atoms with van der Waals surface area (Å²) in [4.78, 5) is 26.0. The van der Waals surface area contributed by atoms with E-state index in [0.717, 1.165) is 40.8 Å². The zero-order chi connectivity index (χ0) is 22.7. The predicted molar refractivity (Wildman–Crippen MR) is 120 cm³/mol. The lowest BCUT2D eigenvalue weighted by molar-refractivity contribution is -0.140. The van der Waals surface area contributed by atoms with Gasteiger partial charge in [-0.1, -0.05) is 12.1 Å². The Morgan fingerprint density at radius 2 is 1.91 bits per heavy atom. The topological polar surface area (TPSA) is 78.2 Å². The lowest BCUT2D eigenvalue weighted by Gasteiger charge is -2.31. The van der Waals surface area contributed by atoms with Gasteiger partial charge in [-0.15, -0.1) is 0 Å². The van der Waals surface area contributed by atoms with Gasteiger partial charge in [0.15, 0.2) is 0 Å². The average molecular weight is 437 g/mol. The molecular formula is C25H27NO6. The smallest absolute Gasteiger partial charge is 0.336 e. The van der Waals surface area contributed by atoms with Crippen molar-refractivity contribution in [2.24, 2.45) is 0 Å². The predicted octanol–water partition coefficient (Wildman–Crippen LogP) is 3.61. The molecule has 0 amide bonds. The van der Waals surface area contributed by atoms with Gasteiger partial charge in [-0.05, 0) is 54.7 Å². The number of carbonyl (C=O) groups is 1. The molecule has 1 aliphatic rings. The van der Waals surface area contributed by atoms with Crippen molar-refractivity contribution in [2.45, 2.75) is 32.7 Å². The standard InChI is InChI=1S/C25H27NO6/c1-16-12-23(28)32-25-20(16)13-18(6-9-22(27)30-3)24-21(25)14-26(15-31-24)11-10-17-4-7-19(29-2)8-5-17/h4-5,7-8,12-13H,6,9-11,14-15H2,1-3H3. The maximum Gasteiger partial charge on any atom is 0.336 e. The maximum atomic E-state index is 12.1. The monoisotopic (exact) mass is 437 g/mol. The first-order valence-electron chi connectivity index (χ1n) is 10.6. The fourth-order valence-corrected chi connectivity index (χ4v) is 4.05. The van der Waals surface area contributed by atoms with E-state index in [0.29, 0.717) is 31.0 Å². The van der Waals surface area contributed by atoms with E-state index in [9.17, 15) is 9.59 Å². The molecule has 4 rings (SSSR count). The summed E-state index contributed by atoms with van der Waals surface area (Å²) in [6.07, 6.45) is 1.61. The molecule has 7 nitrogen and oxygen atoms in total. The van der Waals surface area contributed by atoms with Crippen LogP contribution in [0.4, 0.5) is 0 Å². The quantitative estimate of drug-likeness (QED) is 0.413. The van der Waals surface area contributed by atoms with Gasteiger partial charge in [0.05, 0.1) is 19.8 Å². The van der Waals surface area contributed by atoms with Crippen LogP contribution in [0.25, 0.3) is 11.0 Å². The second-order valence-corrected chi connectivity index (χ2v) is 7.97. The molecule has 32 heavy (non-hydrogen) atoms. The SMILES string of the molecule is COC(=O)CCc1cc2c(C)cc(=O)oc2c2c1OCN(CCc1ccc(OC)cc1)C2. The van der Waals surface area contributed by atoms with Crippen molar-refractivity contribution >= 4 is 16.9 Å². The van der Waals surface area contributed by atoms with Gasteiger partial charge in [0, 0.05) is 31.0 Å². The second kappa shape index (κ2) is 9.44. The number of rotatable bonds is 7. The van der Waals surface area contributed by atoms with Gasteiger partial charge in [0.25, 0.3) is 0 Å². The van der Waals surface area contributed by atoms with Gasteiger partial charge < -0.3 is 18.6 Å². The summed E-state index contributed by atoms with van der Waals surface area (Å²) in [6.45, 7) is 3.70. The maximum absolute atomic E-state index is 12.1. The number of benzene rings is 2. The van der Waals surface area contributed by atoms with Crippen LogP contribution in [0.15, 0.2) is 45.6 Å². The zero-order valence-corrected chi connectivity index (χ0v) is 18.6. The van der Waals surface area contributed by atoms with E-state index >= 15 is 0 Å². The van der Waals surface area contributed by atoms with Crippen LogP contribution in [0, 0.1) is 6.92 Å². The Bertz CT molecular complexity index is 1180. The van der Waals surface area contributed by atoms with Crippen LogP contribution < -0.4 is 15.1 Å². The molecule has 3 aromatic rings. The van der Waals surface area contributed by atoms with Gasteiger partial charge in [0.1, 0.15) is 23.8 Å². The number of esters is 1. The van der Waals surface area contributed by atoms with Crippen LogP contribution in [0.1, 0.15) is 28.7 Å². The molecule has 0 aliphatic carbocycles. The zero-order valence-electron chi connectivity index (χ0n) is 18.6. The Hall–Kier alpha value is -3.32. The van der Waals surface area contributed by atoms with Gasteiger partial charge in [0.2, 0.25) is 0 Å². The Labute approximate surface area is 186 Å². The molecule has 0 atom stereocenters. The first kappa shape index (κ1) is 21.9. The number of hydrogen-bond acceptors (Lipinski definition) is 7. The molecule has 2 aromatic carbocycles.